The zero-order valence-electron chi connectivity index (χ0n) is 13.2. The Morgan fingerprint density at radius 2 is 1.72 bits per heavy atom. The molecule has 1 aliphatic heterocycles. The molecule has 1 fully saturated rings. The average molecular weight is 472 g/mol. The van der Waals surface area contributed by atoms with Gasteiger partial charge in [0.2, 0.25) is 0 Å². The van der Waals surface area contributed by atoms with Crippen LogP contribution in [0.3, 0.4) is 0 Å². The van der Waals surface area contributed by atoms with Gasteiger partial charge in [-0.05, 0) is 52.9 Å². The Morgan fingerprint density at radius 1 is 1.08 bits per heavy atom. The number of nitro benzene ring substituents is 1. The number of amides is 1. The highest BCUT2D eigenvalue weighted by Crippen LogP contribution is 2.23. The Bertz CT molecular complexity index is 805. The van der Waals surface area contributed by atoms with E-state index in [1.807, 2.05) is 4.90 Å². The first-order chi connectivity index (χ1) is 12.0. The lowest BCUT2D eigenvalue weighted by atomic mass is 10.1. The first-order valence-electron chi connectivity index (χ1n) is 7.69. The van der Waals surface area contributed by atoms with Gasteiger partial charge in [-0.3, -0.25) is 14.9 Å². The van der Waals surface area contributed by atoms with E-state index in [0.29, 0.717) is 36.8 Å². The van der Waals surface area contributed by atoms with Gasteiger partial charge < -0.3 is 9.80 Å². The largest absolute Gasteiger partial charge is 0.368 e. The predicted molar refractivity (Wildman–Crippen MR) is 105 cm³/mol. The van der Waals surface area contributed by atoms with Crippen LogP contribution in [0.2, 0.25) is 5.02 Å². The molecule has 0 radical (unpaired) electrons. The smallest absolute Gasteiger partial charge is 0.269 e. The highest BCUT2D eigenvalue weighted by molar-refractivity contribution is 14.1. The van der Waals surface area contributed by atoms with Gasteiger partial charge >= 0.3 is 0 Å². The Morgan fingerprint density at radius 3 is 2.28 bits per heavy atom. The number of piperazine rings is 1. The summed E-state index contributed by atoms with van der Waals surface area (Å²) in [6.45, 7) is 2.59. The molecule has 0 aliphatic carbocycles. The second-order valence-corrected chi connectivity index (χ2v) is 7.25. The maximum Gasteiger partial charge on any atom is 0.269 e. The third-order valence-electron chi connectivity index (χ3n) is 4.16. The van der Waals surface area contributed by atoms with Crippen molar-refractivity contribution >= 4 is 51.5 Å². The SMILES string of the molecule is O=C(c1ccc(Cl)c(I)c1)N1CCN(c2ccc([N+](=O)[O-])cc2)CC1. The number of benzene rings is 2. The molecule has 1 aliphatic rings. The highest BCUT2D eigenvalue weighted by atomic mass is 127. The van der Waals surface area contributed by atoms with Crippen LogP contribution in [-0.4, -0.2) is 41.9 Å². The van der Waals surface area contributed by atoms with Crippen molar-refractivity contribution in [2.24, 2.45) is 0 Å². The lowest BCUT2D eigenvalue weighted by molar-refractivity contribution is -0.384. The van der Waals surface area contributed by atoms with Crippen molar-refractivity contribution in [1.82, 2.24) is 4.90 Å². The summed E-state index contributed by atoms with van der Waals surface area (Å²) < 4.78 is 0.856. The first kappa shape index (κ1) is 17.9. The molecule has 0 aromatic heterocycles. The van der Waals surface area contributed by atoms with Gasteiger partial charge in [-0.15, -0.1) is 0 Å². The van der Waals surface area contributed by atoms with Crippen molar-refractivity contribution in [3.63, 3.8) is 0 Å². The minimum absolute atomic E-state index is 0.00191. The zero-order chi connectivity index (χ0) is 18.0. The number of carbonyl (C=O) groups excluding carboxylic acids is 1. The van der Waals surface area contributed by atoms with Crippen LogP contribution < -0.4 is 4.90 Å². The predicted octanol–water partition coefficient (Wildman–Crippen LogP) is 3.82. The number of halogens is 2. The van der Waals surface area contributed by atoms with Crippen molar-refractivity contribution in [1.29, 1.82) is 0 Å². The second-order valence-electron chi connectivity index (χ2n) is 5.68. The van der Waals surface area contributed by atoms with Crippen LogP contribution in [0.15, 0.2) is 42.5 Å². The van der Waals surface area contributed by atoms with Crippen molar-refractivity contribution in [3.05, 3.63) is 66.7 Å². The van der Waals surface area contributed by atoms with Crippen LogP contribution in [-0.2, 0) is 0 Å². The van der Waals surface area contributed by atoms with E-state index in [-0.39, 0.29) is 11.6 Å². The summed E-state index contributed by atoms with van der Waals surface area (Å²) in [4.78, 5) is 26.9. The number of carbonyl (C=O) groups is 1. The Kier molecular flexibility index (Phi) is 5.43. The fourth-order valence-corrected chi connectivity index (χ4v) is 3.40. The average Bonchev–Trinajstić information content (AvgIpc) is 2.63. The third-order valence-corrected chi connectivity index (χ3v) is 5.70. The van der Waals surface area contributed by atoms with Crippen molar-refractivity contribution in [2.75, 3.05) is 31.1 Å². The number of hydrogen-bond donors (Lipinski definition) is 0. The molecule has 0 bridgehead atoms. The van der Waals surface area contributed by atoms with Crippen LogP contribution in [0.4, 0.5) is 11.4 Å². The summed E-state index contributed by atoms with van der Waals surface area (Å²) in [5.74, 6) is -0.00191. The van der Waals surface area contributed by atoms with Crippen molar-refractivity contribution < 1.29 is 9.72 Å². The molecule has 130 valence electrons. The number of rotatable bonds is 3. The molecule has 8 heteroatoms. The number of non-ortho nitro benzene ring substituents is 1. The van der Waals surface area contributed by atoms with E-state index in [1.165, 1.54) is 12.1 Å². The Labute approximate surface area is 163 Å². The van der Waals surface area contributed by atoms with Gasteiger partial charge in [0.25, 0.3) is 11.6 Å². The molecule has 6 nitrogen and oxygen atoms in total. The van der Waals surface area contributed by atoms with Gasteiger partial charge in [0.1, 0.15) is 0 Å². The summed E-state index contributed by atoms with van der Waals surface area (Å²) in [5.41, 5.74) is 1.64. The van der Waals surface area contributed by atoms with Gasteiger partial charge in [0, 0.05) is 53.1 Å². The second kappa shape index (κ2) is 7.57. The molecular formula is C17H15ClIN3O3. The molecule has 1 saturated heterocycles. The molecule has 3 rings (SSSR count). The van der Waals surface area contributed by atoms with E-state index >= 15 is 0 Å². The van der Waals surface area contributed by atoms with Crippen LogP contribution in [0.5, 0.6) is 0 Å². The van der Waals surface area contributed by atoms with Gasteiger partial charge in [-0.2, -0.15) is 0 Å². The van der Waals surface area contributed by atoms with Crippen molar-refractivity contribution in [3.8, 4) is 0 Å². The van der Waals surface area contributed by atoms with E-state index < -0.39 is 4.92 Å². The standard InChI is InChI=1S/C17H15ClIN3O3/c18-15-6-1-12(11-16(15)19)17(23)21-9-7-20(8-10-21)13-2-4-14(5-3-13)22(24)25/h1-6,11H,7-10H2. The quantitative estimate of drug-likeness (QED) is 0.388. The fourth-order valence-electron chi connectivity index (χ4n) is 2.76. The molecule has 2 aromatic rings. The Hall–Kier alpha value is -1.87. The Balaban J connectivity index is 1.64. The molecule has 1 heterocycles. The first-order valence-corrected chi connectivity index (χ1v) is 9.15. The zero-order valence-corrected chi connectivity index (χ0v) is 16.1. The maximum atomic E-state index is 12.6. The molecular weight excluding hydrogens is 457 g/mol. The fraction of sp³-hybridized carbons (Fsp3) is 0.235. The molecule has 0 spiro atoms. The summed E-state index contributed by atoms with van der Waals surface area (Å²) in [6, 6.07) is 11.8. The number of hydrogen-bond acceptors (Lipinski definition) is 4. The highest BCUT2D eigenvalue weighted by Gasteiger charge is 2.23. The maximum absolute atomic E-state index is 12.6. The molecule has 25 heavy (non-hydrogen) atoms. The summed E-state index contributed by atoms with van der Waals surface area (Å²) in [5, 5.41) is 11.4. The van der Waals surface area contributed by atoms with Crippen molar-refractivity contribution in [2.45, 2.75) is 0 Å². The van der Waals surface area contributed by atoms with Gasteiger partial charge in [0.05, 0.1) is 9.95 Å². The molecule has 0 saturated carbocycles. The van der Waals surface area contributed by atoms with Crippen LogP contribution >= 0.6 is 34.2 Å². The molecule has 0 unspecified atom stereocenters. The molecule has 0 N–H and O–H groups in total. The topological polar surface area (TPSA) is 66.7 Å². The summed E-state index contributed by atoms with van der Waals surface area (Å²) >= 11 is 8.12. The summed E-state index contributed by atoms with van der Waals surface area (Å²) in [7, 11) is 0. The number of anilines is 1. The van der Waals surface area contributed by atoms with E-state index in [9.17, 15) is 14.9 Å². The normalized spacial score (nSPS) is 14.5. The minimum atomic E-state index is -0.409. The van der Waals surface area contributed by atoms with E-state index in [2.05, 4.69) is 27.5 Å². The molecule has 0 atom stereocenters. The number of nitro groups is 1. The minimum Gasteiger partial charge on any atom is -0.368 e. The van der Waals surface area contributed by atoms with Gasteiger partial charge in [-0.1, -0.05) is 11.6 Å². The van der Waals surface area contributed by atoms with Gasteiger partial charge in [-0.25, -0.2) is 0 Å². The van der Waals surface area contributed by atoms with E-state index in [4.69, 9.17) is 11.6 Å². The monoisotopic (exact) mass is 471 g/mol. The molecule has 2 aromatic carbocycles. The van der Waals surface area contributed by atoms with Gasteiger partial charge in [0.15, 0.2) is 0 Å². The van der Waals surface area contributed by atoms with E-state index in [0.717, 1.165) is 9.26 Å². The summed E-state index contributed by atoms with van der Waals surface area (Å²) in [6.07, 6.45) is 0. The lowest BCUT2D eigenvalue weighted by Gasteiger charge is -2.36. The molecule has 1 amide bonds. The van der Waals surface area contributed by atoms with Crippen LogP contribution in [0.1, 0.15) is 10.4 Å². The number of nitrogens with zero attached hydrogens (tertiary/aromatic N) is 3. The van der Waals surface area contributed by atoms with Crippen LogP contribution in [0, 0.1) is 13.7 Å². The van der Waals surface area contributed by atoms with E-state index in [1.54, 1.807) is 30.3 Å². The lowest BCUT2D eigenvalue weighted by Crippen LogP contribution is -2.48. The van der Waals surface area contributed by atoms with Crippen LogP contribution in [0.25, 0.3) is 0 Å². The third kappa shape index (κ3) is 4.04.